The van der Waals surface area contributed by atoms with Gasteiger partial charge in [-0.15, -0.1) is 0 Å². The minimum atomic E-state index is -0.218. The maximum absolute atomic E-state index is 13.5. The highest BCUT2D eigenvalue weighted by Gasteiger charge is 2.21. The SMILES string of the molecule is CCOc1ccc(NC(=O)c2cc(-c3ccccc3)nc3c2c(C)nn3-c2ccccc2)cc1. The number of ether oxygens (including phenoxy) is 1. The molecule has 0 saturated carbocycles. The molecule has 0 fully saturated rings. The monoisotopic (exact) mass is 448 g/mol. The number of pyridine rings is 1. The second-order valence-electron chi connectivity index (χ2n) is 7.86. The van der Waals surface area contributed by atoms with Gasteiger partial charge in [0.05, 0.1) is 34.6 Å². The number of nitrogens with one attached hydrogen (secondary N) is 1. The molecule has 1 N–H and O–H groups in total. The Balaban J connectivity index is 1.64. The summed E-state index contributed by atoms with van der Waals surface area (Å²) in [5, 5.41) is 8.48. The molecule has 0 spiro atoms. The van der Waals surface area contributed by atoms with Crippen LogP contribution in [0.3, 0.4) is 0 Å². The highest BCUT2D eigenvalue weighted by Crippen LogP contribution is 2.29. The van der Waals surface area contributed by atoms with E-state index in [0.717, 1.165) is 28.1 Å². The van der Waals surface area contributed by atoms with Gasteiger partial charge in [-0.2, -0.15) is 5.10 Å². The number of benzene rings is 3. The van der Waals surface area contributed by atoms with Gasteiger partial charge in [-0.1, -0.05) is 48.5 Å². The molecule has 0 unspecified atom stereocenters. The van der Waals surface area contributed by atoms with Gasteiger partial charge in [0.25, 0.3) is 5.91 Å². The third-order valence-electron chi connectivity index (χ3n) is 5.55. The molecule has 168 valence electrons. The Morgan fingerprint density at radius 2 is 1.62 bits per heavy atom. The number of carbonyl (C=O) groups is 1. The molecule has 5 aromatic rings. The van der Waals surface area contributed by atoms with Crippen LogP contribution in [0.2, 0.25) is 0 Å². The van der Waals surface area contributed by atoms with E-state index in [2.05, 4.69) is 5.32 Å². The van der Waals surface area contributed by atoms with Crippen LogP contribution in [0.1, 0.15) is 23.0 Å². The van der Waals surface area contributed by atoms with Crippen molar-refractivity contribution in [3.05, 3.63) is 102 Å². The summed E-state index contributed by atoms with van der Waals surface area (Å²) < 4.78 is 7.30. The van der Waals surface area contributed by atoms with Crippen molar-refractivity contribution < 1.29 is 9.53 Å². The zero-order valence-corrected chi connectivity index (χ0v) is 19.0. The first-order valence-corrected chi connectivity index (χ1v) is 11.2. The van der Waals surface area contributed by atoms with Crippen LogP contribution < -0.4 is 10.1 Å². The van der Waals surface area contributed by atoms with Gasteiger partial charge in [0.2, 0.25) is 0 Å². The molecule has 3 aromatic carbocycles. The van der Waals surface area contributed by atoms with Crippen molar-refractivity contribution >= 4 is 22.6 Å². The number of carbonyl (C=O) groups excluding carboxylic acids is 1. The number of fused-ring (bicyclic) bond motifs is 1. The van der Waals surface area contributed by atoms with Gasteiger partial charge >= 0.3 is 0 Å². The largest absolute Gasteiger partial charge is 0.494 e. The summed E-state index contributed by atoms with van der Waals surface area (Å²) in [6.45, 7) is 4.43. The fourth-order valence-corrected chi connectivity index (χ4v) is 3.97. The molecule has 2 aromatic heterocycles. The quantitative estimate of drug-likeness (QED) is 0.343. The Labute approximate surface area is 197 Å². The van der Waals surface area contributed by atoms with Crippen molar-refractivity contribution in [2.24, 2.45) is 0 Å². The summed E-state index contributed by atoms with van der Waals surface area (Å²) in [4.78, 5) is 18.4. The van der Waals surface area contributed by atoms with Gasteiger partial charge in [0.1, 0.15) is 5.75 Å². The number of aryl methyl sites for hydroxylation is 1. The molecule has 34 heavy (non-hydrogen) atoms. The molecule has 0 aliphatic carbocycles. The van der Waals surface area contributed by atoms with Crippen LogP contribution >= 0.6 is 0 Å². The van der Waals surface area contributed by atoms with Gasteiger partial charge in [0, 0.05) is 11.3 Å². The van der Waals surface area contributed by atoms with E-state index in [1.165, 1.54) is 0 Å². The zero-order valence-electron chi connectivity index (χ0n) is 19.0. The number of hydrogen-bond acceptors (Lipinski definition) is 4. The average molecular weight is 449 g/mol. The fourth-order valence-electron chi connectivity index (χ4n) is 3.97. The highest BCUT2D eigenvalue weighted by atomic mass is 16.5. The van der Waals surface area contributed by atoms with E-state index in [-0.39, 0.29) is 5.91 Å². The Morgan fingerprint density at radius 3 is 2.29 bits per heavy atom. The number of para-hydroxylation sites is 1. The van der Waals surface area contributed by atoms with E-state index < -0.39 is 0 Å². The molecular weight excluding hydrogens is 424 g/mol. The molecule has 0 aliphatic rings. The summed E-state index contributed by atoms with van der Waals surface area (Å²) in [7, 11) is 0. The number of anilines is 1. The molecule has 2 heterocycles. The number of hydrogen-bond donors (Lipinski definition) is 1. The van der Waals surface area contributed by atoms with Crippen molar-refractivity contribution in [2.75, 3.05) is 11.9 Å². The lowest BCUT2D eigenvalue weighted by Gasteiger charge is -2.11. The molecule has 6 heteroatoms. The molecule has 0 bridgehead atoms. The average Bonchev–Trinajstić information content (AvgIpc) is 3.22. The molecule has 0 saturated heterocycles. The predicted molar refractivity (Wildman–Crippen MR) is 135 cm³/mol. The minimum absolute atomic E-state index is 0.218. The summed E-state index contributed by atoms with van der Waals surface area (Å²) in [6, 6.07) is 28.9. The number of rotatable bonds is 6. The highest BCUT2D eigenvalue weighted by molar-refractivity contribution is 6.13. The smallest absolute Gasteiger partial charge is 0.256 e. The lowest BCUT2D eigenvalue weighted by Crippen LogP contribution is -2.13. The van der Waals surface area contributed by atoms with Crippen molar-refractivity contribution in [1.82, 2.24) is 14.8 Å². The lowest BCUT2D eigenvalue weighted by atomic mass is 10.0. The number of nitrogens with zero attached hydrogens (tertiary/aromatic N) is 3. The topological polar surface area (TPSA) is 69.0 Å². The first kappa shape index (κ1) is 21.4. The van der Waals surface area contributed by atoms with Crippen LogP contribution in [0.4, 0.5) is 5.69 Å². The van der Waals surface area contributed by atoms with Crippen molar-refractivity contribution in [2.45, 2.75) is 13.8 Å². The molecule has 6 nitrogen and oxygen atoms in total. The van der Waals surface area contributed by atoms with E-state index >= 15 is 0 Å². The summed E-state index contributed by atoms with van der Waals surface area (Å²) in [5.74, 6) is 0.544. The second kappa shape index (κ2) is 9.19. The normalized spacial score (nSPS) is 10.9. The van der Waals surface area contributed by atoms with Crippen molar-refractivity contribution in [3.63, 3.8) is 0 Å². The zero-order chi connectivity index (χ0) is 23.5. The van der Waals surface area contributed by atoms with E-state index in [4.69, 9.17) is 14.8 Å². The van der Waals surface area contributed by atoms with Crippen LogP contribution in [0.25, 0.3) is 28.0 Å². The Kier molecular flexibility index (Phi) is 5.79. The molecule has 0 aliphatic heterocycles. The first-order chi connectivity index (χ1) is 16.6. The lowest BCUT2D eigenvalue weighted by molar-refractivity contribution is 0.102. The number of amides is 1. The van der Waals surface area contributed by atoms with E-state index in [1.807, 2.05) is 105 Å². The van der Waals surface area contributed by atoms with Crippen LogP contribution in [0.15, 0.2) is 91.0 Å². The molecule has 1 amide bonds. The standard InChI is InChI=1S/C28H24N4O2/c1-3-34-23-16-14-21(15-17-23)29-28(33)24-18-25(20-10-6-4-7-11-20)30-27-26(24)19(2)31-32(27)22-12-8-5-9-13-22/h4-18H,3H2,1-2H3,(H,29,33). The van der Waals surface area contributed by atoms with E-state index in [1.54, 1.807) is 4.68 Å². The van der Waals surface area contributed by atoms with E-state index in [9.17, 15) is 4.79 Å². The third kappa shape index (κ3) is 4.13. The van der Waals surface area contributed by atoms with Crippen LogP contribution in [-0.2, 0) is 0 Å². The minimum Gasteiger partial charge on any atom is -0.494 e. The Bertz CT molecular complexity index is 1440. The molecular formula is C28H24N4O2. The number of aromatic nitrogens is 3. The van der Waals surface area contributed by atoms with Gasteiger partial charge in [0.15, 0.2) is 5.65 Å². The maximum atomic E-state index is 13.5. The van der Waals surface area contributed by atoms with Crippen LogP contribution in [-0.4, -0.2) is 27.3 Å². The molecule has 0 atom stereocenters. The van der Waals surface area contributed by atoms with Gasteiger partial charge in [-0.25, -0.2) is 9.67 Å². The molecule has 5 rings (SSSR count). The van der Waals surface area contributed by atoms with Gasteiger partial charge in [-0.05, 0) is 56.3 Å². The van der Waals surface area contributed by atoms with Gasteiger partial charge < -0.3 is 10.1 Å². The third-order valence-corrected chi connectivity index (χ3v) is 5.55. The van der Waals surface area contributed by atoms with Crippen molar-refractivity contribution in [3.8, 4) is 22.7 Å². The summed E-state index contributed by atoms with van der Waals surface area (Å²) in [5.41, 5.74) is 5.12. The van der Waals surface area contributed by atoms with E-state index in [0.29, 0.717) is 29.2 Å². The summed E-state index contributed by atoms with van der Waals surface area (Å²) >= 11 is 0. The Hall–Kier alpha value is -4.45. The first-order valence-electron chi connectivity index (χ1n) is 11.2. The van der Waals surface area contributed by atoms with Crippen molar-refractivity contribution in [1.29, 1.82) is 0 Å². The Morgan fingerprint density at radius 1 is 0.941 bits per heavy atom. The predicted octanol–water partition coefficient (Wildman–Crippen LogP) is 6.05. The summed E-state index contributed by atoms with van der Waals surface area (Å²) in [6.07, 6.45) is 0. The van der Waals surface area contributed by atoms with Crippen LogP contribution in [0, 0.1) is 6.92 Å². The molecule has 0 radical (unpaired) electrons. The van der Waals surface area contributed by atoms with Gasteiger partial charge in [-0.3, -0.25) is 4.79 Å². The van der Waals surface area contributed by atoms with Crippen LogP contribution in [0.5, 0.6) is 5.75 Å². The maximum Gasteiger partial charge on any atom is 0.256 e. The fraction of sp³-hybridized carbons (Fsp3) is 0.107. The second-order valence-corrected chi connectivity index (χ2v) is 7.86.